The smallest absolute Gasteiger partial charge is 0.0505 e. The van der Waals surface area contributed by atoms with Crippen molar-refractivity contribution in [1.29, 1.82) is 0 Å². The highest BCUT2D eigenvalue weighted by atomic mass is 15.2. The Kier molecular flexibility index (Phi) is 2.18. The fraction of sp³-hybridized carbons (Fsp3) is 0.538. The first-order chi connectivity index (χ1) is 6.96. The molecule has 82 valence electrons. The zero-order valence-electron chi connectivity index (χ0n) is 10.0. The lowest BCUT2D eigenvalue weighted by Gasteiger charge is -2.43. The van der Waals surface area contributed by atoms with Gasteiger partial charge in [-0.1, -0.05) is 19.9 Å². The lowest BCUT2D eigenvalue weighted by Crippen LogP contribution is -2.49. The van der Waals surface area contributed by atoms with Gasteiger partial charge in [0.1, 0.15) is 0 Å². The van der Waals surface area contributed by atoms with Crippen LogP contribution in [0.1, 0.15) is 26.5 Å². The van der Waals surface area contributed by atoms with E-state index in [0.29, 0.717) is 0 Å². The zero-order valence-corrected chi connectivity index (χ0v) is 10.0. The van der Waals surface area contributed by atoms with Crippen LogP contribution in [0.3, 0.4) is 0 Å². The summed E-state index contributed by atoms with van der Waals surface area (Å²) in [5.74, 6) is 0. The van der Waals surface area contributed by atoms with Crippen LogP contribution < -0.4 is 0 Å². The first-order valence-electron chi connectivity index (χ1n) is 5.50. The third-order valence-corrected chi connectivity index (χ3v) is 4.08. The van der Waals surface area contributed by atoms with E-state index in [1.807, 2.05) is 6.20 Å². The molecule has 0 saturated heterocycles. The molecule has 1 aliphatic rings. The second-order valence-corrected chi connectivity index (χ2v) is 5.29. The zero-order chi connectivity index (χ0) is 11.1. The van der Waals surface area contributed by atoms with Crippen LogP contribution in [0, 0.1) is 5.41 Å². The van der Waals surface area contributed by atoms with Crippen LogP contribution in [0.25, 0.3) is 0 Å². The van der Waals surface area contributed by atoms with Gasteiger partial charge < -0.3 is 9.88 Å². The summed E-state index contributed by atoms with van der Waals surface area (Å²) in [5, 5.41) is 0. The van der Waals surface area contributed by atoms with Gasteiger partial charge >= 0.3 is 0 Å². The van der Waals surface area contributed by atoms with Crippen molar-refractivity contribution >= 4 is 0 Å². The summed E-state index contributed by atoms with van der Waals surface area (Å²) in [6.07, 6.45) is 7.55. The van der Waals surface area contributed by atoms with Gasteiger partial charge in [-0.15, -0.1) is 0 Å². The number of hydrogen-bond donors (Lipinski definition) is 1. The fourth-order valence-corrected chi connectivity index (χ4v) is 2.30. The minimum Gasteiger partial charge on any atom is -0.374 e. The summed E-state index contributed by atoms with van der Waals surface area (Å²) >= 11 is 0. The van der Waals surface area contributed by atoms with Crippen molar-refractivity contribution in [2.24, 2.45) is 5.41 Å². The molecule has 0 saturated carbocycles. The summed E-state index contributed by atoms with van der Waals surface area (Å²) in [6, 6.07) is 4.22. The van der Waals surface area contributed by atoms with E-state index in [-0.39, 0.29) is 11.0 Å². The molecule has 1 aromatic rings. The number of aromatic amines is 1. The SMILES string of the molecule is CN1C=CC(C)(C)C1(C)Cc1ccc[nH]1. The van der Waals surface area contributed by atoms with Gasteiger partial charge in [0.2, 0.25) is 0 Å². The number of hydrogen-bond acceptors (Lipinski definition) is 1. The van der Waals surface area contributed by atoms with Crippen LogP contribution in [0.15, 0.2) is 30.6 Å². The summed E-state index contributed by atoms with van der Waals surface area (Å²) < 4.78 is 0. The molecule has 2 rings (SSSR count). The third-order valence-electron chi connectivity index (χ3n) is 4.08. The molecule has 1 aromatic heterocycles. The summed E-state index contributed by atoms with van der Waals surface area (Å²) in [6.45, 7) is 6.93. The van der Waals surface area contributed by atoms with Crippen LogP contribution in [-0.2, 0) is 6.42 Å². The van der Waals surface area contributed by atoms with Crippen molar-refractivity contribution in [2.75, 3.05) is 7.05 Å². The average molecular weight is 204 g/mol. The maximum atomic E-state index is 3.29. The molecule has 2 heterocycles. The molecule has 0 spiro atoms. The van der Waals surface area contributed by atoms with Gasteiger partial charge in [-0.05, 0) is 25.3 Å². The van der Waals surface area contributed by atoms with Crippen LogP contribution >= 0.6 is 0 Å². The van der Waals surface area contributed by atoms with E-state index < -0.39 is 0 Å². The van der Waals surface area contributed by atoms with Crippen molar-refractivity contribution in [3.8, 4) is 0 Å². The predicted octanol–water partition coefficient (Wildman–Crippen LogP) is 2.80. The van der Waals surface area contributed by atoms with Crippen molar-refractivity contribution in [3.05, 3.63) is 36.3 Å². The number of nitrogens with one attached hydrogen (secondary N) is 1. The Bertz CT molecular complexity index is 362. The van der Waals surface area contributed by atoms with Crippen molar-refractivity contribution < 1.29 is 0 Å². The molecule has 0 fully saturated rings. The van der Waals surface area contributed by atoms with E-state index in [1.165, 1.54) is 5.69 Å². The van der Waals surface area contributed by atoms with Gasteiger partial charge in [-0.25, -0.2) is 0 Å². The molecule has 0 aromatic carbocycles. The molecule has 15 heavy (non-hydrogen) atoms. The van der Waals surface area contributed by atoms with Crippen LogP contribution in [0.2, 0.25) is 0 Å². The second kappa shape index (κ2) is 3.16. The molecule has 2 nitrogen and oxygen atoms in total. The van der Waals surface area contributed by atoms with Gasteiger partial charge in [0.05, 0.1) is 5.54 Å². The first kappa shape index (κ1) is 10.3. The Morgan fingerprint density at radius 1 is 1.33 bits per heavy atom. The lowest BCUT2D eigenvalue weighted by atomic mass is 9.72. The molecule has 0 aliphatic carbocycles. The third kappa shape index (κ3) is 1.48. The molecule has 2 heteroatoms. The molecule has 1 atom stereocenters. The quantitative estimate of drug-likeness (QED) is 0.785. The average Bonchev–Trinajstić information content (AvgIpc) is 2.71. The van der Waals surface area contributed by atoms with E-state index >= 15 is 0 Å². The van der Waals surface area contributed by atoms with E-state index in [4.69, 9.17) is 0 Å². The van der Waals surface area contributed by atoms with Crippen LogP contribution in [0.5, 0.6) is 0 Å². The molecule has 1 N–H and O–H groups in total. The van der Waals surface area contributed by atoms with Gasteiger partial charge in [-0.2, -0.15) is 0 Å². The number of likely N-dealkylation sites (N-methyl/N-ethyl adjacent to an activating group) is 1. The van der Waals surface area contributed by atoms with Crippen molar-refractivity contribution in [2.45, 2.75) is 32.7 Å². The Morgan fingerprint density at radius 2 is 2.07 bits per heavy atom. The Balaban J connectivity index is 2.26. The molecule has 0 bridgehead atoms. The highest BCUT2D eigenvalue weighted by Gasteiger charge is 2.45. The van der Waals surface area contributed by atoms with Gasteiger partial charge in [0.15, 0.2) is 0 Å². The Labute approximate surface area is 92.0 Å². The van der Waals surface area contributed by atoms with E-state index in [0.717, 1.165) is 6.42 Å². The maximum absolute atomic E-state index is 3.29. The van der Waals surface area contributed by atoms with E-state index in [1.54, 1.807) is 0 Å². The Morgan fingerprint density at radius 3 is 2.53 bits per heavy atom. The van der Waals surface area contributed by atoms with Crippen molar-refractivity contribution in [1.82, 2.24) is 9.88 Å². The molecular formula is C13H20N2. The maximum Gasteiger partial charge on any atom is 0.0505 e. The van der Waals surface area contributed by atoms with E-state index in [2.05, 4.69) is 62.1 Å². The van der Waals surface area contributed by atoms with Crippen LogP contribution in [-0.4, -0.2) is 22.5 Å². The number of aromatic nitrogens is 1. The molecule has 0 radical (unpaired) electrons. The molecule has 1 unspecified atom stereocenters. The minimum absolute atomic E-state index is 0.165. The Hall–Kier alpha value is -1.18. The largest absolute Gasteiger partial charge is 0.374 e. The normalized spacial score (nSPS) is 28.7. The molecule has 0 amide bonds. The molecular weight excluding hydrogens is 184 g/mol. The van der Waals surface area contributed by atoms with Crippen molar-refractivity contribution in [3.63, 3.8) is 0 Å². The lowest BCUT2D eigenvalue weighted by molar-refractivity contribution is 0.112. The second-order valence-electron chi connectivity index (χ2n) is 5.29. The summed E-state index contributed by atoms with van der Waals surface area (Å²) in [7, 11) is 2.16. The molecule has 1 aliphatic heterocycles. The predicted molar refractivity (Wildman–Crippen MR) is 63.6 cm³/mol. The topological polar surface area (TPSA) is 19.0 Å². The highest BCUT2D eigenvalue weighted by molar-refractivity contribution is 5.21. The summed E-state index contributed by atoms with van der Waals surface area (Å²) in [4.78, 5) is 5.62. The van der Waals surface area contributed by atoms with Gasteiger partial charge in [0.25, 0.3) is 0 Å². The van der Waals surface area contributed by atoms with Gasteiger partial charge in [0, 0.05) is 30.8 Å². The van der Waals surface area contributed by atoms with Crippen LogP contribution in [0.4, 0.5) is 0 Å². The van der Waals surface area contributed by atoms with Gasteiger partial charge in [-0.3, -0.25) is 0 Å². The highest BCUT2D eigenvalue weighted by Crippen LogP contribution is 2.43. The first-order valence-corrected chi connectivity index (χ1v) is 5.50. The summed E-state index contributed by atoms with van der Waals surface area (Å²) in [5.41, 5.74) is 1.69. The monoisotopic (exact) mass is 204 g/mol. The number of rotatable bonds is 2. The number of nitrogens with zero attached hydrogens (tertiary/aromatic N) is 1. The van der Waals surface area contributed by atoms with E-state index in [9.17, 15) is 0 Å². The fourth-order valence-electron chi connectivity index (χ4n) is 2.30. The number of H-pyrrole nitrogens is 1. The minimum atomic E-state index is 0.165. The standard InChI is InChI=1S/C13H20N2/c1-12(2)7-9-15(4)13(12,3)10-11-6-5-8-14-11/h5-9,14H,10H2,1-4H3.